The lowest BCUT2D eigenvalue weighted by Crippen LogP contribution is -2.40. The molecule has 5 heteroatoms. The van der Waals surface area contributed by atoms with Crippen LogP contribution in [0.1, 0.15) is 48.4 Å². The number of nitrogens with zero attached hydrogens (tertiary/aromatic N) is 1. The maximum absolute atomic E-state index is 11.5. The molecule has 0 radical (unpaired) electrons. The van der Waals surface area contributed by atoms with E-state index in [0.29, 0.717) is 0 Å². The number of rotatable bonds is 3. The Morgan fingerprint density at radius 3 is 2.76 bits per heavy atom. The molecule has 1 aromatic carbocycles. The van der Waals surface area contributed by atoms with Crippen molar-refractivity contribution in [3.63, 3.8) is 0 Å². The van der Waals surface area contributed by atoms with E-state index in [1.165, 1.54) is 18.1 Å². The van der Waals surface area contributed by atoms with Gasteiger partial charge in [0.15, 0.2) is 0 Å². The fourth-order valence-corrected chi connectivity index (χ4v) is 3.94. The minimum atomic E-state index is -0.707. The van der Waals surface area contributed by atoms with E-state index in [1.807, 2.05) is 6.07 Å². The van der Waals surface area contributed by atoms with Crippen LogP contribution in [0, 0.1) is 0 Å². The second-order valence-electron chi connectivity index (χ2n) is 6.70. The zero-order chi connectivity index (χ0) is 17.3. The zero-order valence-corrected chi connectivity index (χ0v) is 14.3. The molecule has 1 saturated heterocycles. The van der Waals surface area contributed by atoms with E-state index in [-0.39, 0.29) is 5.97 Å². The molecule has 1 N–H and O–H groups in total. The third-order valence-corrected chi connectivity index (χ3v) is 5.00. The molecule has 4 rings (SSSR count). The predicted molar refractivity (Wildman–Crippen MR) is 92.9 cm³/mol. The molecule has 1 unspecified atom stereocenters. The van der Waals surface area contributed by atoms with E-state index < -0.39 is 11.9 Å². The van der Waals surface area contributed by atoms with Gasteiger partial charge in [-0.2, -0.15) is 0 Å². The number of esters is 1. The van der Waals surface area contributed by atoms with Crippen LogP contribution in [-0.2, 0) is 26.3 Å². The summed E-state index contributed by atoms with van der Waals surface area (Å²) in [7, 11) is 0. The Morgan fingerprint density at radius 2 is 2.04 bits per heavy atom. The highest BCUT2D eigenvalue weighted by molar-refractivity contribution is 5.66. The van der Waals surface area contributed by atoms with Crippen LogP contribution in [0.2, 0.25) is 0 Å². The molecular weight excluding hydrogens is 316 g/mol. The number of pyridine rings is 1. The number of hydrogen-bond acceptors (Lipinski definition) is 5. The first-order valence-electron chi connectivity index (χ1n) is 8.76. The molecule has 0 amide bonds. The molecule has 130 valence electrons. The summed E-state index contributed by atoms with van der Waals surface area (Å²) in [4.78, 5) is 16.0. The molecule has 1 fully saturated rings. The molecule has 1 spiro atoms. The third-order valence-electron chi connectivity index (χ3n) is 5.00. The third kappa shape index (κ3) is 3.05. The molecule has 0 saturated carbocycles. The molecule has 1 atom stereocenters. The first kappa shape index (κ1) is 16.2. The highest BCUT2D eigenvalue weighted by Gasteiger charge is 2.49. The van der Waals surface area contributed by atoms with E-state index in [0.717, 1.165) is 43.6 Å². The lowest BCUT2D eigenvalue weighted by Gasteiger charge is -2.35. The number of ether oxygens (including phenoxy) is 2. The van der Waals surface area contributed by atoms with Crippen molar-refractivity contribution < 1.29 is 14.3 Å². The van der Waals surface area contributed by atoms with E-state index in [2.05, 4.69) is 40.6 Å². The van der Waals surface area contributed by atoms with E-state index in [1.54, 1.807) is 6.20 Å². The van der Waals surface area contributed by atoms with Crippen LogP contribution in [0.15, 0.2) is 42.6 Å². The van der Waals surface area contributed by atoms with Gasteiger partial charge in [-0.05, 0) is 49.5 Å². The molecule has 0 aliphatic carbocycles. The van der Waals surface area contributed by atoms with Crippen LogP contribution in [0.4, 0.5) is 0 Å². The van der Waals surface area contributed by atoms with Crippen molar-refractivity contribution in [1.29, 1.82) is 0 Å². The number of hydrogen-bond donors (Lipinski definition) is 1. The van der Waals surface area contributed by atoms with Crippen LogP contribution in [0.25, 0.3) is 0 Å². The largest absolute Gasteiger partial charge is 0.430 e. The quantitative estimate of drug-likeness (QED) is 0.872. The minimum Gasteiger partial charge on any atom is -0.430 e. The van der Waals surface area contributed by atoms with Gasteiger partial charge >= 0.3 is 5.97 Å². The van der Waals surface area contributed by atoms with Crippen molar-refractivity contribution in [2.75, 3.05) is 13.1 Å². The van der Waals surface area contributed by atoms with Gasteiger partial charge in [0, 0.05) is 18.7 Å². The molecule has 2 aromatic rings. The van der Waals surface area contributed by atoms with Gasteiger partial charge in [-0.25, -0.2) is 0 Å². The lowest BCUT2D eigenvalue weighted by molar-refractivity contribution is -0.210. The number of fused-ring (bicyclic) bond motifs is 2. The molecule has 2 aliphatic rings. The van der Waals surface area contributed by atoms with Crippen LogP contribution in [0.5, 0.6) is 0 Å². The van der Waals surface area contributed by atoms with Crippen molar-refractivity contribution in [3.8, 4) is 0 Å². The molecule has 5 nitrogen and oxygen atoms in total. The SMILES string of the molecule is CC(=O)OC1OC2(CCNCC2)c2c(Cc3ccccc3)ccnc21. The fraction of sp³-hybridized carbons (Fsp3) is 0.400. The fourth-order valence-electron chi connectivity index (χ4n) is 3.94. The summed E-state index contributed by atoms with van der Waals surface area (Å²) in [5.41, 5.74) is 3.90. The van der Waals surface area contributed by atoms with Gasteiger partial charge in [-0.1, -0.05) is 30.3 Å². The summed E-state index contributed by atoms with van der Waals surface area (Å²) in [6, 6.07) is 12.4. The Morgan fingerprint density at radius 1 is 1.28 bits per heavy atom. The predicted octanol–water partition coefficient (Wildman–Crippen LogP) is 2.84. The van der Waals surface area contributed by atoms with Crippen molar-refractivity contribution in [2.24, 2.45) is 0 Å². The maximum Gasteiger partial charge on any atom is 0.305 e. The average Bonchev–Trinajstić information content (AvgIpc) is 2.90. The van der Waals surface area contributed by atoms with Gasteiger partial charge in [-0.3, -0.25) is 9.78 Å². The summed E-state index contributed by atoms with van der Waals surface area (Å²) in [6.45, 7) is 3.17. The standard InChI is InChI=1S/C20H22N2O3/c1-14(23)24-19-18-17(20(25-19)8-11-21-12-9-20)16(7-10-22-18)13-15-5-3-2-4-6-15/h2-7,10,19,21H,8-9,11-13H2,1H3. The maximum atomic E-state index is 11.5. The normalized spacial score (nSPS) is 21.1. The molecule has 25 heavy (non-hydrogen) atoms. The van der Waals surface area contributed by atoms with Crippen LogP contribution in [0.3, 0.4) is 0 Å². The van der Waals surface area contributed by atoms with Crippen LogP contribution >= 0.6 is 0 Å². The first-order valence-corrected chi connectivity index (χ1v) is 8.76. The van der Waals surface area contributed by atoms with Gasteiger partial charge in [0.2, 0.25) is 6.29 Å². The Balaban J connectivity index is 1.77. The molecular formula is C20H22N2O3. The number of carbonyl (C=O) groups excluding carboxylic acids is 1. The van der Waals surface area contributed by atoms with E-state index in [9.17, 15) is 4.79 Å². The number of carbonyl (C=O) groups is 1. The Bertz CT molecular complexity index is 770. The van der Waals surface area contributed by atoms with Gasteiger partial charge in [0.1, 0.15) is 11.3 Å². The topological polar surface area (TPSA) is 60.5 Å². The van der Waals surface area contributed by atoms with Gasteiger partial charge < -0.3 is 14.8 Å². The first-order chi connectivity index (χ1) is 12.2. The molecule has 2 aliphatic heterocycles. The van der Waals surface area contributed by atoms with Crippen LogP contribution < -0.4 is 5.32 Å². The lowest BCUT2D eigenvalue weighted by atomic mass is 9.81. The Labute approximate surface area is 147 Å². The Kier molecular flexibility index (Phi) is 4.27. The van der Waals surface area contributed by atoms with Gasteiger partial charge in [-0.15, -0.1) is 0 Å². The van der Waals surface area contributed by atoms with Gasteiger partial charge in [0.05, 0.1) is 0 Å². The molecule has 1 aromatic heterocycles. The number of piperidine rings is 1. The van der Waals surface area contributed by atoms with Crippen LogP contribution in [-0.4, -0.2) is 24.0 Å². The molecule has 3 heterocycles. The summed E-state index contributed by atoms with van der Waals surface area (Å²) in [5.74, 6) is -0.350. The second-order valence-corrected chi connectivity index (χ2v) is 6.70. The summed E-state index contributed by atoms with van der Waals surface area (Å²) >= 11 is 0. The average molecular weight is 338 g/mol. The Hall–Kier alpha value is -2.24. The molecule has 0 bridgehead atoms. The highest BCUT2D eigenvalue weighted by atomic mass is 16.7. The van der Waals surface area contributed by atoms with Gasteiger partial charge in [0.25, 0.3) is 0 Å². The summed E-state index contributed by atoms with van der Waals surface area (Å²) < 4.78 is 11.7. The number of nitrogens with one attached hydrogen (secondary N) is 1. The minimum absolute atomic E-state index is 0.350. The summed E-state index contributed by atoms with van der Waals surface area (Å²) in [6.07, 6.45) is 3.60. The van der Waals surface area contributed by atoms with Crippen molar-refractivity contribution in [3.05, 3.63) is 65.0 Å². The zero-order valence-electron chi connectivity index (χ0n) is 14.3. The van der Waals surface area contributed by atoms with Crippen molar-refractivity contribution >= 4 is 5.97 Å². The summed E-state index contributed by atoms with van der Waals surface area (Å²) in [5, 5.41) is 3.38. The highest BCUT2D eigenvalue weighted by Crippen LogP contribution is 2.49. The smallest absolute Gasteiger partial charge is 0.305 e. The monoisotopic (exact) mass is 338 g/mol. The number of benzene rings is 1. The second kappa shape index (κ2) is 6.58. The van der Waals surface area contributed by atoms with Crippen molar-refractivity contribution in [1.82, 2.24) is 10.3 Å². The van der Waals surface area contributed by atoms with Crippen molar-refractivity contribution in [2.45, 2.75) is 38.1 Å². The van der Waals surface area contributed by atoms with E-state index in [4.69, 9.17) is 9.47 Å². The number of aromatic nitrogens is 1. The van der Waals surface area contributed by atoms with E-state index >= 15 is 0 Å².